The standard InChI is InChI=1S/C31H20O9/c1-14-8-24(39-26-11-18(33)10-21(35)28(14)26)16-4-7-20(34)19(9-16)29-22(36)13-27-30(31(29)38)23(37)12-25(40-27)15-2-5-17(32)6-3-15/h2-13,32-36,38H,1H2. The minimum atomic E-state index is -0.600. The fourth-order valence-corrected chi connectivity index (χ4v) is 4.72. The summed E-state index contributed by atoms with van der Waals surface area (Å²) < 4.78 is 11.7. The summed E-state index contributed by atoms with van der Waals surface area (Å²) in [5.74, 6) is -1.18. The van der Waals surface area contributed by atoms with E-state index in [1.165, 1.54) is 54.6 Å². The van der Waals surface area contributed by atoms with Gasteiger partial charge in [0, 0.05) is 41.0 Å². The van der Waals surface area contributed by atoms with E-state index >= 15 is 0 Å². The van der Waals surface area contributed by atoms with Crippen molar-refractivity contribution < 1.29 is 39.8 Å². The first-order valence-corrected chi connectivity index (χ1v) is 11.9. The molecule has 9 nitrogen and oxygen atoms in total. The van der Waals surface area contributed by atoms with Crippen molar-refractivity contribution in [2.45, 2.75) is 0 Å². The van der Waals surface area contributed by atoms with Crippen LogP contribution in [0.1, 0.15) is 11.1 Å². The van der Waals surface area contributed by atoms with Gasteiger partial charge in [0.25, 0.3) is 0 Å². The third kappa shape index (κ3) is 3.93. The van der Waals surface area contributed by atoms with E-state index in [9.17, 15) is 35.4 Å². The van der Waals surface area contributed by atoms with Gasteiger partial charge in [0.1, 0.15) is 62.7 Å². The van der Waals surface area contributed by atoms with Crippen LogP contribution >= 0.6 is 0 Å². The largest absolute Gasteiger partial charge is 0.508 e. The predicted molar refractivity (Wildman–Crippen MR) is 147 cm³/mol. The Bertz CT molecular complexity index is 1970. The van der Waals surface area contributed by atoms with Crippen molar-refractivity contribution in [1.29, 1.82) is 0 Å². The van der Waals surface area contributed by atoms with Crippen molar-refractivity contribution in [3.05, 3.63) is 101 Å². The monoisotopic (exact) mass is 536 g/mol. The Hall–Kier alpha value is -5.83. The van der Waals surface area contributed by atoms with E-state index in [0.29, 0.717) is 22.3 Å². The van der Waals surface area contributed by atoms with Gasteiger partial charge in [0.15, 0.2) is 5.43 Å². The zero-order valence-electron chi connectivity index (χ0n) is 20.5. The van der Waals surface area contributed by atoms with Crippen molar-refractivity contribution in [3.8, 4) is 62.7 Å². The Morgan fingerprint density at radius 1 is 0.675 bits per heavy atom. The van der Waals surface area contributed by atoms with Crippen LogP contribution in [0.25, 0.3) is 44.8 Å². The van der Waals surface area contributed by atoms with Gasteiger partial charge in [0.2, 0.25) is 0 Å². The van der Waals surface area contributed by atoms with Gasteiger partial charge in [-0.1, -0.05) is 6.58 Å². The highest BCUT2D eigenvalue weighted by molar-refractivity contribution is 5.97. The molecule has 6 N–H and O–H groups in total. The number of hydrogen-bond acceptors (Lipinski definition) is 9. The summed E-state index contributed by atoms with van der Waals surface area (Å²) in [7, 11) is 0. The van der Waals surface area contributed by atoms with E-state index in [4.69, 9.17) is 9.15 Å². The lowest BCUT2D eigenvalue weighted by Crippen LogP contribution is -2.04. The summed E-state index contributed by atoms with van der Waals surface area (Å²) >= 11 is 0. The van der Waals surface area contributed by atoms with Crippen LogP contribution in [0.3, 0.4) is 0 Å². The molecule has 0 radical (unpaired) electrons. The van der Waals surface area contributed by atoms with Crippen LogP contribution in [-0.2, 0) is 0 Å². The van der Waals surface area contributed by atoms with Crippen LogP contribution < -0.4 is 10.2 Å². The van der Waals surface area contributed by atoms with Crippen LogP contribution in [0.2, 0.25) is 0 Å². The molecule has 0 spiro atoms. The number of fused-ring (bicyclic) bond motifs is 2. The second-order valence-electron chi connectivity index (χ2n) is 9.22. The quantitative estimate of drug-likeness (QED) is 0.167. The van der Waals surface area contributed by atoms with Crippen molar-refractivity contribution in [1.82, 2.24) is 0 Å². The molecule has 5 aromatic rings. The Labute approximate surface area is 225 Å². The number of rotatable bonds is 3. The maximum absolute atomic E-state index is 13.1. The fraction of sp³-hybridized carbons (Fsp3) is 0. The van der Waals surface area contributed by atoms with Crippen LogP contribution in [0.5, 0.6) is 40.2 Å². The van der Waals surface area contributed by atoms with Gasteiger partial charge in [-0.15, -0.1) is 0 Å². The Morgan fingerprint density at radius 2 is 1.38 bits per heavy atom. The maximum atomic E-state index is 13.1. The topological polar surface area (TPSA) is 161 Å². The number of benzene rings is 4. The summed E-state index contributed by atoms with van der Waals surface area (Å²) in [5, 5.41) is 62.1. The molecule has 4 aromatic carbocycles. The first kappa shape index (κ1) is 24.5. The summed E-state index contributed by atoms with van der Waals surface area (Å²) in [6.45, 7) is 3.94. The number of allylic oxidation sites excluding steroid dienone is 2. The fourth-order valence-electron chi connectivity index (χ4n) is 4.72. The number of aromatic hydroxyl groups is 6. The molecule has 9 heteroatoms. The van der Waals surface area contributed by atoms with Gasteiger partial charge in [-0.3, -0.25) is 4.79 Å². The van der Waals surface area contributed by atoms with Gasteiger partial charge in [-0.05, 0) is 54.1 Å². The third-order valence-corrected chi connectivity index (χ3v) is 6.59. The molecule has 40 heavy (non-hydrogen) atoms. The third-order valence-electron chi connectivity index (χ3n) is 6.59. The van der Waals surface area contributed by atoms with Gasteiger partial charge >= 0.3 is 0 Å². The van der Waals surface area contributed by atoms with Crippen LogP contribution in [0.4, 0.5) is 0 Å². The van der Waals surface area contributed by atoms with Crippen LogP contribution in [0, 0.1) is 0 Å². The SMILES string of the molecule is C=C1C=C(c2ccc(O)c(-c3c(O)cc4oc(-c5ccc(O)cc5)cc(=O)c4c3O)c2)Oc2cc(O)cc(O)c21. The molecule has 198 valence electrons. The zero-order chi connectivity index (χ0) is 28.3. The molecule has 6 rings (SSSR count). The molecular weight excluding hydrogens is 516 g/mol. The number of phenols is 6. The second-order valence-corrected chi connectivity index (χ2v) is 9.22. The summed E-state index contributed by atoms with van der Waals surface area (Å²) in [5.41, 5.74) is 0.719. The lowest BCUT2D eigenvalue weighted by molar-refractivity contribution is 0.434. The minimum absolute atomic E-state index is 0.00363. The van der Waals surface area contributed by atoms with E-state index in [0.717, 1.165) is 0 Å². The predicted octanol–water partition coefficient (Wildman–Crippen LogP) is 5.81. The summed E-state index contributed by atoms with van der Waals surface area (Å²) in [6.07, 6.45) is 1.55. The first-order chi connectivity index (χ1) is 19.1. The lowest BCUT2D eigenvalue weighted by Gasteiger charge is -2.21. The first-order valence-electron chi connectivity index (χ1n) is 11.9. The highest BCUT2D eigenvalue weighted by Crippen LogP contribution is 2.48. The van der Waals surface area contributed by atoms with Crippen molar-refractivity contribution in [2.24, 2.45) is 0 Å². The summed E-state index contributed by atoms with van der Waals surface area (Å²) in [6, 6.07) is 15.1. The van der Waals surface area contributed by atoms with E-state index in [1.54, 1.807) is 18.2 Å². The number of hydrogen-bond donors (Lipinski definition) is 6. The average Bonchev–Trinajstić information content (AvgIpc) is 2.89. The van der Waals surface area contributed by atoms with E-state index in [-0.39, 0.29) is 62.4 Å². The molecule has 1 aliphatic rings. The van der Waals surface area contributed by atoms with Gasteiger partial charge in [0.05, 0.1) is 11.1 Å². The molecule has 0 fully saturated rings. The molecule has 1 aromatic heterocycles. The zero-order valence-corrected chi connectivity index (χ0v) is 20.5. The molecule has 2 heterocycles. The number of phenolic OH excluding ortho intramolecular Hbond substituents is 6. The lowest BCUT2D eigenvalue weighted by atomic mass is 9.95. The Kier molecular flexibility index (Phi) is 5.44. The number of ether oxygens (including phenoxy) is 1. The van der Waals surface area contributed by atoms with E-state index in [2.05, 4.69) is 6.58 Å². The molecule has 0 aliphatic carbocycles. The van der Waals surface area contributed by atoms with Crippen molar-refractivity contribution in [3.63, 3.8) is 0 Å². The van der Waals surface area contributed by atoms with E-state index in [1.807, 2.05) is 0 Å². The normalized spacial score (nSPS) is 12.6. The van der Waals surface area contributed by atoms with Crippen molar-refractivity contribution in [2.75, 3.05) is 0 Å². The second kappa shape index (κ2) is 8.88. The van der Waals surface area contributed by atoms with Gasteiger partial charge in [-0.2, -0.15) is 0 Å². The van der Waals surface area contributed by atoms with E-state index < -0.39 is 16.9 Å². The molecule has 0 atom stereocenters. The smallest absolute Gasteiger partial charge is 0.197 e. The molecule has 0 saturated heterocycles. The molecule has 0 unspecified atom stereocenters. The minimum Gasteiger partial charge on any atom is -0.508 e. The molecule has 0 amide bonds. The molecule has 0 saturated carbocycles. The maximum Gasteiger partial charge on any atom is 0.197 e. The average molecular weight is 536 g/mol. The van der Waals surface area contributed by atoms with Gasteiger partial charge in [-0.25, -0.2) is 0 Å². The summed E-state index contributed by atoms with van der Waals surface area (Å²) in [4.78, 5) is 13.1. The molecule has 1 aliphatic heterocycles. The molecule has 0 bridgehead atoms. The van der Waals surface area contributed by atoms with Gasteiger partial charge < -0.3 is 39.8 Å². The highest BCUT2D eigenvalue weighted by Gasteiger charge is 2.25. The molecular formula is C31H20O9. The highest BCUT2D eigenvalue weighted by atomic mass is 16.5. The Balaban J connectivity index is 1.47. The van der Waals surface area contributed by atoms with Crippen molar-refractivity contribution >= 4 is 22.3 Å². The Morgan fingerprint density at radius 3 is 2.12 bits per heavy atom. The van der Waals surface area contributed by atoms with Crippen LogP contribution in [0.15, 0.2) is 88.6 Å². The van der Waals surface area contributed by atoms with Crippen LogP contribution in [-0.4, -0.2) is 30.6 Å².